The predicted octanol–water partition coefficient (Wildman–Crippen LogP) is 3.65. The van der Waals surface area contributed by atoms with Crippen LogP contribution in [0.3, 0.4) is 0 Å². The Morgan fingerprint density at radius 1 is 0.846 bits per heavy atom. The fourth-order valence-electron chi connectivity index (χ4n) is 5.10. The minimum Gasteiger partial charge on any atom is -0.486 e. The van der Waals surface area contributed by atoms with Crippen LogP contribution in [-0.2, 0) is 6.54 Å². The first-order valence-electron chi connectivity index (χ1n) is 13.2. The van der Waals surface area contributed by atoms with Crippen LogP contribution in [0.4, 0.5) is 5.95 Å². The number of fused-ring (bicyclic) bond motifs is 2. The van der Waals surface area contributed by atoms with Crippen molar-refractivity contribution in [2.45, 2.75) is 13.5 Å². The van der Waals surface area contributed by atoms with Crippen LogP contribution in [0, 0.1) is 6.92 Å². The van der Waals surface area contributed by atoms with E-state index in [1.807, 2.05) is 43.6 Å². The molecule has 5 heterocycles. The molecule has 7 rings (SSSR count). The Balaban J connectivity index is 1.11. The van der Waals surface area contributed by atoms with Crippen molar-refractivity contribution in [1.82, 2.24) is 34.4 Å². The normalized spacial score (nSPS) is 15.6. The van der Waals surface area contributed by atoms with Gasteiger partial charge < -0.3 is 14.4 Å². The molecule has 1 fully saturated rings. The SMILES string of the molecule is Cc1c(-c2ccnc(N3CCN(Cc4ccccc4)CC3)n2)cnc2nc(-c3ccc4c(c3)OCCO4)nn12. The summed E-state index contributed by atoms with van der Waals surface area (Å²) in [5, 5.41) is 4.76. The Labute approximate surface area is 225 Å². The van der Waals surface area contributed by atoms with Gasteiger partial charge in [0, 0.05) is 56.2 Å². The van der Waals surface area contributed by atoms with E-state index < -0.39 is 0 Å². The van der Waals surface area contributed by atoms with Gasteiger partial charge in [0.1, 0.15) is 13.2 Å². The summed E-state index contributed by atoms with van der Waals surface area (Å²) in [7, 11) is 0. The number of anilines is 1. The fraction of sp³-hybridized carbons (Fsp3) is 0.276. The number of benzene rings is 2. The van der Waals surface area contributed by atoms with Gasteiger partial charge in [-0.05, 0) is 36.8 Å². The second-order valence-corrected chi connectivity index (χ2v) is 9.75. The molecule has 3 aromatic heterocycles. The number of hydrogen-bond acceptors (Lipinski definition) is 9. The van der Waals surface area contributed by atoms with E-state index in [0.717, 1.165) is 66.9 Å². The molecule has 0 bridgehead atoms. The summed E-state index contributed by atoms with van der Waals surface area (Å²) < 4.78 is 13.1. The van der Waals surface area contributed by atoms with Crippen molar-refractivity contribution in [2.75, 3.05) is 44.3 Å². The van der Waals surface area contributed by atoms with Crippen LogP contribution in [0.25, 0.3) is 28.4 Å². The summed E-state index contributed by atoms with van der Waals surface area (Å²) >= 11 is 0. The van der Waals surface area contributed by atoms with Crippen molar-refractivity contribution in [2.24, 2.45) is 0 Å². The number of hydrogen-bond donors (Lipinski definition) is 0. The van der Waals surface area contributed by atoms with Gasteiger partial charge >= 0.3 is 0 Å². The van der Waals surface area contributed by atoms with Gasteiger partial charge in [-0.3, -0.25) is 4.90 Å². The van der Waals surface area contributed by atoms with Crippen LogP contribution >= 0.6 is 0 Å². The number of aromatic nitrogens is 6. The third-order valence-corrected chi connectivity index (χ3v) is 7.23. The van der Waals surface area contributed by atoms with Crippen molar-refractivity contribution in [3.8, 4) is 34.1 Å². The smallest absolute Gasteiger partial charge is 0.252 e. The van der Waals surface area contributed by atoms with E-state index in [1.165, 1.54) is 5.56 Å². The highest BCUT2D eigenvalue weighted by molar-refractivity contribution is 5.66. The van der Waals surface area contributed by atoms with E-state index >= 15 is 0 Å². The molecule has 10 nitrogen and oxygen atoms in total. The lowest BCUT2D eigenvalue weighted by Gasteiger charge is -2.34. The fourth-order valence-corrected chi connectivity index (χ4v) is 5.10. The van der Waals surface area contributed by atoms with Gasteiger partial charge in [0.25, 0.3) is 5.78 Å². The van der Waals surface area contributed by atoms with Crippen LogP contribution in [0.15, 0.2) is 67.0 Å². The van der Waals surface area contributed by atoms with Gasteiger partial charge in [-0.1, -0.05) is 30.3 Å². The summed E-state index contributed by atoms with van der Waals surface area (Å²) in [6, 6.07) is 18.3. The monoisotopic (exact) mass is 520 g/mol. The first-order valence-corrected chi connectivity index (χ1v) is 13.2. The standard InChI is InChI=1S/C29H28N8O2/c1-20-23(18-31-29-33-27(34-37(20)29)22-7-8-25-26(17-22)39-16-15-38-25)24-9-10-30-28(32-24)36-13-11-35(12-14-36)19-21-5-3-2-4-6-21/h2-10,17-18H,11-16,19H2,1H3. The van der Waals surface area contributed by atoms with Crippen LogP contribution < -0.4 is 14.4 Å². The molecule has 0 amide bonds. The lowest BCUT2D eigenvalue weighted by molar-refractivity contribution is 0.171. The van der Waals surface area contributed by atoms with Crippen LogP contribution in [0.2, 0.25) is 0 Å². The zero-order valence-electron chi connectivity index (χ0n) is 21.7. The van der Waals surface area contributed by atoms with Crippen molar-refractivity contribution in [3.63, 3.8) is 0 Å². The number of aryl methyl sites for hydroxylation is 1. The molecular formula is C29H28N8O2. The van der Waals surface area contributed by atoms with Crippen molar-refractivity contribution in [1.29, 1.82) is 0 Å². The highest BCUT2D eigenvalue weighted by atomic mass is 16.6. The summed E-state index contributed by atoms with van der Waals surface area (Å²) in [5.41, 5.74) is 4.81. The highest BCUT2D eigenvalue weighted by Gasteiger charge is 2.21. The Morgan fingerprint density at radius 3 is 2.51 bits per heavy atom. The van der Waals surface area contributed by atoms with Gasteiger partial charge in [-0.15, -0.1) is 5.10 Å². The van der Waals surface area contributed by atoms with Gasteiger partial charge in [-0.2, -0.15) is 4.98 Å². The molecule has 0 unspecified atom stereocenters. The second-order valence-electron chi connectivity index (χ2n) is 9.75. The van der Waals surface area contributed by atoms with Crippen LogP contribution in [0.1, 0.15) is 11.3 Å². The van der Waals surface area contributed by atoms with Crippen LogP contribution in [0.5, 0.6) is 11.5 Å². The maximum absolute atomic E-state index is 5.73. The molecule has 0 aliphatic carbocycles. The summed E-state index contributed by atoms with van der Waals surface area (Å²) in [5.74, 6) is 3.29. The molecule has 2 aromatic carbocycles. The summed E-state index contributed by atoms with van der Waals surface area (Å²) in [6.07, 6.45) is 3.64. The van der Waals surface area contributed by atoms with Gasteiger partial charge in [0.15, 0.2) is 17.3 Å². The third-order valence-electron chi connectivity index (χ3n) is 7.23. The van der Waals surface area contributed by atoms with Crippen molar-refractivity contribution < 1.29 is 9.47 Å². The lowest BCUT2D eigenvalue weighted by Crippen LogP contribution is -2.46. The number of piperazine rings is 1. The molecule has 39 heavy (non-hydrogen) atoms. The molecule has 2 aliphatic heterocycles. The molecule has 0 spiro atoms. The molecular weight excluding hydrogens is 492 g/mol. The number of nitrogens with zero attached hydrogens (tertiary/aromatic N) is 8. The number of rotatable bonds is 5. The summed E-state index contributed by atoms with van der Waals surface area (Å²) in [4.78, 5) is 23.5. The number of ether oxygens (including phenoxy) is 2. The van der Waals surface area contributed by atoms with E-state index in [1.54, 1.807) is 4.52 Å². The third kappa shape index (κ3) is 4.63. The van der Waals surface area contributed by atoms with E-state index in [2.05, 4.69) is 55.1 Å². The predicted molar refractivity (Wildman–Crippen MR) is 147 cm³/mol. The molecule has 0 saturated carbocycles. The largest absolute Gasteiger partial charge is 0.486 e. The Kier molecular flexibility index (Phi) is 6.01. The first-order chi connectivity index (χ1) is 19.2. The van der Waals surface area contributed by atoms with E-state index in [-0.39, 0.29) is 0 Å². The molecule has 0 atom stereocenters. The maximum Gasteiger partial charge on any atom is 0.252 e. The summed E-state index contributed by atoms with van der Waals surface area (Å²) in [6.45, 7) is 7.77. The molecule has 0 N–H and O–H groups in total. The average Bonchev–Trinajstić information content (AvgIpc) is 3.44. The first kappa shape index (κ1) is 23.5. The average molecular weight is 521 g/mol. The topological polar surface area (TPSA) is 93.8 Å². The Morgan fingerprint density at radius 2 is 1.67 bits per heavy atom. The maximum atomic E-state index is 5.73. The van der Waals surface area contributed by atoms with Crippen molar-refractivity contribution >= 4 is 11.7 Å². The zero-order chi connectivity index (χ0) is 26.2. The van der Waals surface area contributed by atoms with E-state index in [4.69, 9.17) is 19.6 Å². The highest BCUT2D eigenvalue weighted by Crippen LogP contribution is 2.34. The van der Waals surface area contributed by atoms with E-state index in [0.29, 0.717) is 30.6 Å². The Hall–Kier alpha value is -4.57. The minimum atomic E-state index is 0.531. The molecule has 5 aromatic rings. The second kappa shape index (κ2) is 9.95. The molecule has 10 heteroatoms. The lowest BCUT2D eigenvalue weighted by atomic mass is 10.2. The van der Waals surface area contributed by atoms with Crippen molar-refractivity contribution in [3.05, 3.63) is 78.2 Å². The Bertz CT molecular complexity index is 1630. The zero-order valence-corrected chi connectivity index (χ0v) is 21.7. The quantitative estimate of drug-likeness (QED) is 0.344. The molecule has 1 saturated heterocycles. The molecule has 2 aliphatic rings. The molecule has 196 valence electrons. The van der Waals surface area contributed by atoms with Gasteiger partial charge in [-0.25, -0.2) is 19.5 Å². The molecule has 0 radical (unpaired) electrons. The minimum absolute atomic E-state index is 0.531. The van der Waals surface area contributed by atoms with Gasteiger partial charge in [0.05, 0.1) is 11.4 Å². The van der Waals surface area contributed by atoms with Gasteiger partial charge in [0.2, 0.25) is 5.95 Å². The van der Waals surface area contributed by atoms with E-state index in [9.17, 15) is 0 Å². The van der Waals surface area contributed by atoms with Crippen LogP contribution in [-0.4, -0.2) is 73.8 Å².